The van der Waals surface area contributed by atoms with E-state index in [1.54, 1.807) is 7.11 Å². The Kier molecular flexibility index (Phi) is 5.46. The summed E-state index contributed by atoms with van der Waals surface area (Å²) in [6, 6.07) is 0.0920. The van der Waals surface area contributed by atoms with Gasteiger partial charge >= 0.3 is 0 Å². The molecule has 0 amide bonds. The van der Waals surface area contributed by atoms with Crippen molar-refractivity contribution in [2.24, 2.45) is 11.1 Å². The minimum Gasteiger partial charge on any atom is -0.382 e. The van der Waals surface area contributed by atoms with Crippen LogP contribution >= 0.6 is 0 Å². The molecule has 0 aliphatic heterocycles. The van der Waals surface area contributed by atoms with E-state index >= 15 is 0 Å². The molecule has 74 valence electrons. The van der Waals surface area contributed by atoms with Crippen LogP contribution in [0, 0.1) is 5.41 Å². The van der Waals surface area contributed by atoms with E-state index < -0.39 is 0 Å². The SMILES string of the molecule is COCCOCC(N)C(C)(C)C. The highest BCUT2D eigenvalue weighted by molar-refractivity contribution is 4.76. The molecular weight excluding hydrogens is 154 g/mol. The highest BCUT2D eigenvalue weighted by atomic mass is 16.5. The molecule has 0 heterocycles. The van der Waals surface area contributed by atoms with E-state index in [4.69, 9.17) is 15.2 Å². The van der Waals surface area contributed by atoms with Crippen LogP contribution in [0.3, 0.4) is 0 Å². The Morgan fingerprint density at radius 2 is 1.83 bits per heavy atom. The van der Waals surface area contributed by atoms with Gasteiger partial charge in [-0.25, -0.2) is 0 Å². The lowest BCUT2D eigenvalue weighted by Gasteiger charge is -2.26. The number of rotatable bonds is 5. The van der Waals surface area contributed by atoms with E-state index in [1.165, 1.54) is 0 Å². The monoisotopic (exact) mass is 175 g/mol. The average molecular weight is 175 g/mol. The van der Waals surface area contributed by atoms with Gasteiger partial charge in [0, 0.05) is 13.2 Å². The Morgan fingerprint density at radius 1 is 1.25 bits per heavy atom. The third-order valence-electron chi connectivity index (χ3n) is 1.84. The molecule has 0 aliphatic rings. The third-order valence-corrected chi connectivity index (χ3v) is 1.84. The maximum absolute atomic E-state index is 5.87. The molecule has 2 N–H and O–H groups in total. The molecule has 0 aromatic carbocycles. The van der Waals surface area contributed by atoms with Crippen molar-refractivity contribution >= 4 is 0 Å². The van der Waals surface area contributed by atoms with Gasteiger partial charge in [-0.1, -0.05) is 20.8 Å². The largest absolute Gasteiger partial charge is 0.382 e. The second-order valence-electron chi connectivity index (χ2n) is 4.04. The summed E-state index contributed by atoms with van der Waals surface area (Å²) in [5.41, 5.74) is 5.99. The van der Waals surface area contributed by atoms with Crippen LogP contribution in [0.5, 0.6) is 0 Å². The highest BCUT2D eigenvalue weighted by Crippen LogP contribution is 2.16. The predicted molar refractivity (Wildman–Crippen MR) is 50.1 cm³/mol. The Morgan fingerprint density at radius 3 is 2.25 bits per heavy atom. The van der Waals surface area contributed by atoms with Gasteiger partial charge in [-0.2, -0.15) is 0 Å². The fourth-order valence-electron chi connectivity index (χ4n) is 0.603. The van der Waals surface area contributed by atoms with E-state index in [-0.39, 0.29) is 11.5 Å². The first-order valence-corrected chi connectivity index (χ1v) is 4.30. The Bertz CT molecular complexity index is 110. The summed E-state index contributed by atoms with van der Waals surface area (Å²) in [6.45, 7) is 8.19. The fraction of sp³-hybridized carbons (Fsp3) is 1.00. The van der Waals surface area contributed by atoms with E-state index in [1.807, 2.05) is 0 Å². The van der Waals surface area contributed by atoms with Gasteiger partial charge < -0.3 is 15.2 Å². The summed E-state index contributed by atoms with van der Waals surface area (Å²) in [5.74, 6) is 0. The lowest BCUT2D eigenvalue weighted by molar-refractivity contribution is 0.0479. The summed E-state index contributed by atoms with van der Waals surface area (Å²) in [6.07, 6.45) is 0. The highest BCUT2D eigenvalue weighted by Gasteiger charge is 2.20. The van der Waals surface area contributed by atoms with Crippen LogP contribution in [0.4, 0.5) is 0 Å². The molecule has 0 radical (unpaired) electrons. The minimum absolute atomic E-state index is 0.0920. The van der Waals surface area contributed by atoms with Gasteiger partial charge in [-0.05, 0) is 5.41 Å². The summed E-state index contributed by atoms with van der Waals surface area (Å²) in [5, 5.41) is 0. The van der Waals surface area contributed by atoms with Crippen molar-refractivity contribution in [3.8, 4) is 0 Å². The molecule has 0 rings (SSSR count). The van der Waals surface area contributed by atoms with Crippen LogP contribution in [-0.2, 0) is 9.47 Å². The molecule has 0 saturated carbocycles. The standard InChI is InChI=1S/C9H21NO2/c1-9(2,3)8(10)7-12-6-5-11-4/h8H,5-7,10H2,1-4H3. The summed E-state index contributed by atoms with van der Waals surface area (Å²) < 4.78 is 10.2. The number of ether oxygens (including phenoxy) is 2. The van der Waals surface area contributed by atoms with E-state index in [2.05, 4.69) is 20.8 Å². The Hall–Kier alpha value is -0.120. The number of hydrogen-bond acceptors (Lipinski definition) is 3. The predicted octanol–water partition coefficient (Wildman–Crippen LogP) is 1.02. The summed E-state index contributed by atoms with van der Waals surface area (Å²) >= 11 is 0. The third kappa shape index (κ3) is 5.52. The lowest BCUT2D eigenvalue weighted by Crippen LogP contribution is -2.39. The molecule has 12 heavy (non-hydrogen) atoms. The van der Waals surface area contributed by atoms with E-state index in [0.717, 1.165) is 0 Å². The first-order chi connectivity index (χ1) is 5.48. The van der Waals surface area contributed by atoms with Gasteiger partial charge in [-0.15, -0.1) is 0 Å². The van der Waals surface area contributed by atoms with Crippen LogP contribution < -0.4 is 5.73 Å². The molecule has 3 nitrogen and oxygen atoms in total. The fourth-order valence-corrected chi connectivity index (χ4v) is 0.603. The molecule has 1 unspecified atom stereocenters. The molecule has 1 atom stereocenters. The minimum atomic E-state index is 0.0920. The van der Waals surface area contributed by atoms with Gasteiger partial charge in [-0.3, -0.25) is 0 Å². The molecule has 0 fully saturated rings. The van der Waals surface area contributed by atoms with Gasteiger partial charge in [0.15, 0.2) is 0 Å². The van der Waals surface area contributed by atoms with Crippen LogP contribution in [0.15, 0.2) is 0 Å². The lowest BCUT2D eigenvalue weighted by atomic mass is 9.88. The van der Waals surface area contributed by atoms with E-state index in [9.17, 15) is 0 Å². The average Bonchev–Trinajstić information content (AvgIpc) is 1.96. The maximum atomic E-state index is 5.87. The van der Waals surface area contributed by atoms with Crippen molar-refractivity contribution in [2.45, 2.75) is 26.8 Å². The first kappa shape index (κ1) is 11.9. The van der Waals surface area contributed by atoms with Gasteiger partial charge in [0.1, 0.15) is 0 Å². The number of methoxy groups -OCH3 is 1. The first-order valence-electron chi connectivity index (χ1n) is 4.30. The van der Waals surface area contributed by atoms with Gasteiger partial charge in [0.2, 0.25) is 0 Å². The summed E-state index contributed by atoms with van der Waals surface area (Å²) in [7, 11) is 1.66. The number of hydrogen-bond donors (Lipinski definition) is 1. The Balaban J connectivity index is 3.38. The zero-order chi connectivity index (χ0) is 9.61. The second kappa shape index (κ2) is 5.51. The zero-order valence-corrected chi connectivity index (χ0v) is 8.59. The molecule has 0 spiro atoms. The van der Waals surface area contributed by atoms with Crippen molar-refractivity contribution in [1.82, 2.24) is 0 Å². The number of nitrogens with two attached hydrogens (primary N) is 1. The Labute approximate surface area is 75.2 Å². The van der Waals surface area contributed by atoms with Crippen LogP contribution in [0.1, 0.15) is 20.8 Å². The molecule has 0 aromatic heterocycles. The van der Waals surface area contributed by atoms with Crippen molar-refractivity contribution < 1.29 is 9.47 Å². The van der Waals surface area contributed by atoms with Crippen molar-refractivity contribution in [3.63, 3.8) is 0 Å². The summed E-state index contributed by atoms with van der Waals surface area (Å²) in [4.78, 5) is 0. The van der Waals surface area contributed by atoms with Gasteiger partial charge in [0.05, 0.1) is 19.8 Å². The van der Waals surface area contributed by atoms with Gasteiger partial charge in [0.25, 0.3) is 0 Å². The topological polar surface area (TPSA) is 44.5 Å². The quantitative estimate of drug-likeness (QED) is 0.634. The molecule has 0 aliphatic carbocycles. The molecular formula is C9H21NO2. The molecule has 0 saturated heterocycles. The maximum Gasteiger partial charge on any atom is 0.0701 e. The van der Waals surface area contributed by atoms with E-state index in [0.29, 0.717) is 19.8 Å². The molecule has 0 bridgehead atoms. The van der Waals surface area contributed by atoms with Crippen LogP contribution in [0.2, 0.25) is 0 Å². The smallest absolute Gasteiger partial charge is 0.0701 e. The van der Waals surface area contributed by atoms with Crippen molar-refractivity contribution in [2.75, 3.05) is 26.9 Å². The van der Waals surface area contributed by atoms with Crippen molar-refractivity contribution in [3.05, 3.63) is 0 Å². The normalized spacial score (nSPS) is 14.8. The molecule has 0 aromatic rings. The second-order valence-corrected chi connectivity index (χ2v) is 4.04. The van der Waals surface area contributed by atoms with Crippen LogP contribution in [0.25, 0.3) is 0 Å². The van der Waals surface area contributed by atoms with Crippen LogP contribution in [-0.4, -0.2) is 33.0 Å². The molecule has 3 heteroatoms. The zero-order valence-electron chi connectivity index (χ0n) is 8.59. The van der Waals surface area contributed by atoms with Crippen molar-refractivity contribution in [1.29, 1.82) is 0 Å².